The van der Waals surface area contributed by atoms with Gasteiger partial charge in [0.2, 0.25) is 0 Å². The predicted octanol–water partition coefficient (Wildman–Crippen LogP) is 4.21. The Morgan fingerprint density at radius 2 is 2.05 bits per heavy atom. The minimum absolute atomic E-state index is 0.309. The fourth-order valence-electron chi connectivity index (χ4n) is 1.67. The Morgan fingerprint density at radius 3 is 2.75 bits per heavy atom. The van der Waals surface area contributed by atoms with Crippen molar-refractivity contribution in [3.8, 4) is 0 Å². The van der Waals surface area contributed by atoms with Gasteiger partial charge in [-0.05, 0) is 36.4 Å². The summed E-state index contributed by atoms with van der Waals surface area (Å²) in [5, 5.41) is 3.71. The van der Waals surface area contributed by atoms with Crippen molar-refractivity contribution in [2.45, 2.75) is 0 Å². The molecular weight excluding hydrogens is 344 g/mol. The monoisotopic (exact) mass is 354 g/mol. The van der Waals surface area contributed by atoms with Crippen LogP contribution in [0.5, 0.6) is 0 Å². The average Bonchev–Trinajstić information content (AvgIpc) is 2.44. The van der Waals surface area contributed by atoms with Crippen molar-refractivity contribution in [3.05, 3.63) is 51.5 Å². The number of benzene rings is 2. The van der Waals surface area contributed by atoms with Gasteiger partial charge in [0.1, 0.15) is 0 Å². The summed E-state index contributed by atoms with van der Waals surface area (Å²) in [6, 6.07) is 10.5. The van der Waals surface area contributed by atoms with E-state index in [1.807, 2.05) is 12.1 Å². The molecule has 2 rings (SSSR count). The topological polar surface area (TPSA) is 64.3 Å². The molecule has 4 nitrogen and oxygen atoms in total. The van der Waals surface area contributed by atoms with Crippen molar-refractivity contribution in [2.24, 2.45) is 0 Å². The van der Waals surface area contributed by atoms with Gasteiger partial charge in [-0.1, -0.05) is 27.5 Å². The summed E-state index contributed by atoms with van der Waals surface area (Å²) in [5.41, 5.74) is 7.84. The summed E-state index contributed by atoms with van der Waals surface area (Å²) in [5.74, 6) is -0.480. The van der Waals surface area contributed by atoms with E-state index in [4.69, 9.17) is 17.3 Å². The van der Waals surface area contributed by atoms with Crippen molar-refractivity contribution >= 4 is 50.6 Å². The highest BCUT2D eigenvalue weighted by molar-refractivity contribution is 9.10. The lowest BCUT2D eigenvalue weighted by atomic mass is 10.1. The zero-order valence-corrected chi connectivity index (χ0v) is 13.0. The Bertz CT molecular complexity index is 662. The maximum atomic E-state index is 11.6. The van der Waals surface area contributed by atoms with Gasteiger partial charge in [-0.25, -0.2) is 4.79 Å². The fraction of sp³-hybridized carbons (Fsp3) is 0.0714. The largest absolute Gasteiger partial charge is 0.465 e. The number of carbonyl (C=O) groups excluding carboxylic acids is 1. The van der Waals surface area contributed by atoms with Crippen LogP contribution in [0.2, 0.25) is 5.02 Å². The quantitative estimate of drug-likeness (QED) is 0.639. The molecule has 0 heterocycles. The second-order valence-electron chi connectivity index (χ2n) is 4.04. The summed E-state index contributed by atoms with van der Waals surface area (Å²) in [7, 11) is 1.31. The second kappa shape index (κ2) is 6.15. The van der Waals surface area contributed by atoms with Gasteiger partial charge in [-0.2, -0.15) is 0 Å². The average molecular weight is 356 g/mol. The number of carbonyl (C=O) groups is 1. The molecule has 0 aliphatic carbocycles. The number of ether oxygens (including phenoxy) is 1. The van der Waals surface area contributed by atoms with E-state index in [1.54, 1.807) is 24.3 Å². The van der Waals surface area contributed by atoms with Gasteiger partial charge in [-0.15, -0.1) is 0 Å². The summed E-state index contributed by atoms with van der Waals surface area (Å²) in [6.45, 7) is 0. The molecule has 0 saturated carbocycles. The number of anilines is 3. The number of halogens is 2. The zero-order valence-electron chi connectivity index (χ0n) is 10.6. The highest BCUT2D eigenvalue weighted by Crippen LogP contribution is 2.29. The zero-order chi connectivity index (χ0) is 14.7. The summed E-state index contributed by atoms with van der Waals surface area (Å²) in [4.78, 5) is 11.6. The first-order chi connectivity index (χ1) is 9.51. The van der Waals surface area contributed by atoms with Crippen LogP contribution in [0.3, 0.4) is 0 Å². The Labute approximate surface area is 130 Å². The van der Waals surface area contributed by atoms with E-state index >= 15 is 0 Å². The minimum Gasteiger partial charge on any atom is -0.465 e. The lowest BCUT2D eigenvalue weighted by molar-refractivity contribution is 0.0602. The molecule has 0 amide bonds. The number of hydrogen-bond acceptors (Lipinski definition) is 4. The van der Waals surface area contributed by atoms with Crippen LogP contribution in [0.1, 0.15) is 10.4 Å². The van der Waals surface area contributed by atoms with Crippen LogP contribution in [0, 0.1) is 0 Å². The van der Waals surface area contributed by atoms with Gasteiger partial charge in [-0.3, -0.25) is 0 Å². The molecule has 0 saturated heterocycles. The normalized spacial score (nSPS) is 10.2. The van der Waals surface area contributed by atoms with E-state index in [2.05, 4.69) is 26.0 Å². The second-order valence-corrected chi connectivity index (χ2v) is 5.37. The van der Waals surface area contributed by atoms with Crippen LogP contribution in [-0.4, -0.2) is 13.1 Å². The van der Waals surface area contributed by atoms with Crippen LogP contribution < -0.4 is 11.1 Å². The fourth-order valence-corrected chi connectivity index (χ4v) is 2.20. The first-order valence-electron chi connectivity index (χ1n) is 5.71. The number of esters is 1. The maximum Gasteiger partial charge on any atom is 0.340 e. The predicted molar refractivity (Wildman–Crippen MR) is 84.6 cm³/mol. The van der Waals surface area contributed by atoms with Crippen LogP contribution in [0.15, 0.2) is 40.9 Å². The molecule has 3 N–H and O–H groups in total. The number of methoxy groups -OCH3 is 1. The summed E-state index contributed by atoms with van der Waals surface area (Å²) < 4.78 is 5.58. The Kier molecular flexibility index (Phi) is 4.52. The molecular formula is C14H12BrClN2O2. The standard InChI is InChI=1S/C14H12BrClN2O2/c1-20-14(19)10-7-9(3-5-12(10)17)18-13-6-8(15)2-4-11(13)16/h2-7,18H,17H2,1H3. The highest BCUT2D eigenvalue weighted by Gasteiger charge is 2.11. The van der Waals surface area contributed by atoms with Gasteiger partial charge < -0.3 is 15.8 Å². The van der Waals surface area contributed by atoms with E-state index in [9.17, 15) is 4.79 Å². The third-order valence-electron chi connectivity index (χ3n) is 2.67. The number of nitrogen functional groups attached to an aromatic ring is 1. The van der Waals surface area contributed by atoms with Crippen molar-refractivity contribution in [3.63, 3.8) is 0 Å². The van der Waals surface area contributed by atoms with Crippen LogP contribution in [-0.2, 0) is 4.74 Å². The van der Waals surface area contributed by atoms with Crippen LogP contribution >= 0.6 is 27.5 Å². The maximum absolute atomic E-state index is 11.6. The molecule has 2 aromatic carbocycles. The molecule has 0 unspecified atom stereocenters. The summed E-state index contributed by atoms with van der Waals surface area (Å²) in [6.07, 6.45) is 0. The van der Waals surface area contributed by atoms with Crippen molar-refractivity contribution in [2.75, 3.05) is 18.2 Å². The molecule has 0 aromatic heterocycles. The highest BCUT2D eigenvalue weighted by atomic mass is 79.9. The van der Waals surface area contributed by atoms with Gasteiger partial charge in [0.05, 0.1) is 23.4 Å². The molecule has 0 atom stereocenters. The van der Waals surface area contributed by atoms with E-state index in [-0.39, 0.29) is 0 Å². The van der Waals surface area contributed by atoms with Crippen LogP contribution in [0.4, 0.5) is 17.1 Å². The van der Waals surface area contributed by atoms with Gasteiger partial charge in [0.25, 0.3) is 0 Å². The van der Waals surface area contributed by atoms with E-state index in [0.717, 1.165) is 10.2 Å². The number of hydrogen-bond donors (Lipinski definition) is 2. The molecule has 0 aliphatic heterocycles. The molecule has 104 valence electrons. The molecule has 0 bridgehead atoms. The summed E-state index contributed by atoms with van der Waals surface area (Å²) >= 11 is 9.48. The third kappa shape index (κ3) is 3.23. The minimum atomic E-state index is -0.480. The van der Waals surface area contributed by atoms with Gasteiger partial charge in [0.15, 0.2) is 0 Å². The molecule has 0 radical (unpaired) electrons. The van der Waals surface area contributed by atoms with E-state index < -0.39 is 5.97 Å². The Morgan fingerprint density at radius 1 is 1.30 bits per heavy atom. The number of rotatable bonds is 3. The smallest absolute Gasteiger partial charge is 0.340 e. The first-order valence-corrected chi connectivity index (χ1v) is 6.88. The SMILES string of the molecule is COC(=O)c1cc(Nc2cc(Br)ccc2Cl)ccc1N. The molecule has 20 heavy (non-hydrogen) atoms. The van der Waals surface area contributed by atoms with Gasteiger partial charge >= 0.3 is 5.97 Å². The molecule has 6 heteroatoms. The first kappa shape index (κ1) is 14.7. The Hall–Kier alpha value is -1.72. The third-order valence-corrected chi connectivity index (χ3v) is 3.49. The molecule has 0 spiro atoms. The lowest BCUT2D eigenvalue weighted by Crippen LogP contribution is -2.06. The van der Waals surface area contributed by atoms with Gasteiger partial charge in [0, 0.05) is 15.8 Å². The van der Waals surface area contributed by atoms with Crippen LogP contribution in [0.25, 0.3) is 0 Å². The molecule has 0 fully saturated rings. The van der Waals surface area contributed by atoms with Crippen molar-refractivity contribution in [1.29, 1.82) is 0 Å². The molecule has 2 aromatic rings. The number of nitrogens with one attached hydrogen (secondary N) is 1. The lowest BCUT2D eigenvalue weighted by Gasteiger charge is -2.11. The van der Waals surface area contributed by atoms with Crippen molar-refractivity contribution < 1.29 is 9.53 Å². The Balaban J connectivity index is 2.34. The molecule has 0 aliphatic rings. The number of nitrogens with two attached hydrogens (primary N) is 1. The van der Waals surface area contributed by atoms with Crippen molar-refractivity contribution in [1.82, 2.24) is 0 Å². The van der Waals surface area contributed by atoms with E-state index in [1.165, 1.54) is 7.11 Å². The van der Waals surface area contributed by atoms with E-state index in [0.29, 0.717) is 22.0 Å².